The number of rotatable bonds is 0. The van der Waals surface area contributed by atoms with Crippen molar-refractivity contribution in [3.05, 3.63) is 0 Å². The van der Waals surface area contributed by atoms with Gasteiger partial charge in [0.2, 0.25) is 0 Å². The summed E-state index contributed by atoms with van der Waals surface area (Å²) >= 11 is 7.22. The zero-order valence-electron chi connectivity index (χ0n) is 25.2. The van der Waals surface area contributed by atoms with Crippen LogP contribution in [0.15, 0.2) is 0 Å². The highest BCUT2D eigenvalue weighted by molar-refractivity contribution is 6.21. The van der Waals surface area contributed by atoms with Crippen molar-refractivity contribution in [3.8, 4) is 0 Å². The fourth-order valence-electron chi connectivity index (χ4n) is 12.0. The molecule has 0 radical (unpaired) electrons. The van der Waals surface area contributed by atoms with Gasteiger partial charge in [0.05, 0.1) is 54.7 Å². The second-order valence-electron chi connectivity index (χ2n) is 15.9. The van der Waals surface area contributed by atoms with E-state index in [2.05, 4.69) is 42.5 Å². The molecule has 0 aromatic rings. The molecule has 4 saturated carbocycles. The fraction of sp³-hybridized carbons (Fsp3) is 1.00. The summed E-state index contributed by atoms with van der Waals surface area (Å²) < 4.78 is 0. The van der Waals surface area contributed by atoms with Gasteiger partial charge in [-0.1, -0.05) is 38.5 Å². The van der Waals surface area contributed by atoms with E-state index < -0.39 is 0 Å². The van der Waals surface area contributed by atoms with Gasteiger partial charge in [0.1, 0.15) is 0 Å². The zero-order chi connectivity index (χ0) is 27.9. The summed E-state index contributed by atoms with van der Waals surface area (Å²) in [4.78, 5) is 0. The highest BCUT2D eigenvalue weighted by Gasteiger charge is 2.56. The molecule has 18 atom stereocenters. The van der Waals surface area contributed by atoms with Crippen molar-refractivity contribution < 1.29 is 0 Å². The molecule has 8 bridgehead atoms. The number of nitrogens with one attached hydrogen (secondary N) is 8. The summed E-state index contributed by atoms with van der Waals surface area (Å²) in [5.74, 6) is 4.95. The van der Waals surface area contributed by atoms with Crippen LogP contribution in [0.3, 0.4) is 0 Å². The molecule has 9 rings (SSSR count). The van der Waals surface area contributed by atoms with Gasteiger partial charge in [-0.25, -0.2) is 0 Å². The standard InChI is InChI=1S/C32H56ClN9/c33-24-22(34)14-13-21-23(24)32-41-30-20-12-6-5-11-19(20)28(39-30)37-26-16-8-2-1-7-15(16)25(35-26)36-27-17-9-3-4-10-18(17)29(38-27)40-31(21)42-32/h15-32,35-42H,1-14,34H2. The van der Waals surface area contributed by atoms with Crippen molar-refractivity contribution in [2.24, 2.45) is 53.1 Å². The Hall–Kier alpha value is -0.0700. The van der Waals surface area contributed by atoms with E-state index in [9.17, 15) is 0 Å². The first-order valence-electron chi connectivity index (χ1n) is 18.1. The minimum Gasteiger partial charge on any atom is -0.326 e. The maximum atomic E-state index is 7.22. The predicted molar refractivity (Wildman–Crippen MR) is 166 cm³/mol. The molecule has 10 heteroatoms. The van der Waals surface area contributed by atoms with Crippen molar-refractivity contribution in [2.75, 3.05) is 0 Å². The van der Waals surface area contributed by atoms with Gasteiger partial charge in [-0.05, 0) is 92.8 Å². The van der Waals surface area contributed by atoms with E-state index in [-0.39, 0.29) is 23.8 Å². The summed E-state index contributed by atoms with van der Waals surface area (Å²) in [6, 6.07) is 0.0752. The molecule has 9 fully saturated rings. The molecule has 10 N–H and O–H groups in total. The number of nitrogens with two attached hydrogens (primary N) is 1. The minimum atomic E-state index is -0.00309. The molecule has 5 heterocycles. The number of fused-ring (bicyclic) bond motifs is 20. The summed E-state index contributed by atoms with van der Waals surface area (Å²) in [6.07, 6.45) is 20.8. The molecule has 4 aliphatic carbocycles. The maximum absolute atomic E-state index is 7.22. The summed E-state index contributed by atoms with van der Waals surface area (Å²) in [5.41, 5.74) is 6.64. The maximum Gasteiger partial charge on any atom is 0.0643 e. The third-order valence-corrected chi connectivity index (χ3v) is 14.6. The highest BCUT2D eigenvalue weighted by atomic mass is 35.5. The lowest BCUT2D eigenvalue weighted by Gasteiger charge is -2.39. The Balaban J connectivity index is 1.06. The van der Waals surface area contributed by atoms with Crippen LogP contribution in [0, 0.1) is 47.3 Å². The molecule has 5 saturated heterocycles. The van der Waals surface area contributed by atoms with Crippen molar-refractivity contribution in [3.63, 3.8) is 0 Å². The Bertz CT molecular complexity index is 986. The molecule has 9 aliphatic rings. The van der Waals surface area contributed by atoms with Crippen molar-refractivity contribution in [2.45, 2.75) is 151 Å². The van der Waals surface area contributed by atoms with Crippen LogP contribution in [0.1, 0.15) is 89.9 Å². The summed E-state index contributed by atoms with van der Waals surface area (Å²) in [5, 5.41) is 33.4. The number of halogens is 1. The smallest absolute Gasteiger partial charge is 0.0643 e. The van der Waals surface area contributed by atoms with Crippen LogP contribution < -0.4 is 48.3 Å². The Morgan fingerprint density at radius 1 is 0.357 bits per heavy atom. The highest BCUT2D eigenvalue weighted by Crippen LogP contribution is 2.46. The van der Waals surface area contributed by atoms with E-state index in [0.29, 0.717) is 84.3 Å². The van der Waals surface area contributed by atoms with Crippen molar-refractivity contribution in [1.29, 1.82) is 0 Å². The van der Waals surface area contributed by atoms with Crippen LogP contribution in [-0.2, 0) is 0 Å². The average Bonchev–Trinajstić information content (AvgIpc) is 3.74. The second-order valence-corrected chi connectivity index (χ2v) is 16.4. The van der Waals surface area contributed by atoms with Crippen LogP contribution in [0.4, 0.5) is 0 Å². The van der Waals surface area contributed by atoms with E-state index in [1.165, 1.54) is 77.0 Å². The lowest BCUT2D eigenvalue weighted by atomic mass is 9.75. The molecule has 0 aromatic carbocycles. The third-order valence-electron chi connectivity index (χ3n) is 14.0. The largest absolute Gasteiger partial charge is 0.326 e. The first kappa shape index (κ1) is 28.2. The van der Waals surface area contributed by atoms with E-state index in [0.717, 1.165) is 12.8 Å². The zero-order valence-corrected chi connectivity index (χ0v) is 26.0. The third kappa shape index (κ3) is 4.66. The SMILES string of the molecule is NC1CCC2C3NC4NC(NC5NC(NC6NC(NC(N3)C2C1Cl)C1CCCCC61)C1CCCCC51)C1CCCCC41. The Kier molecular flexibility index (Phi) is 7.59. The monoisotopic (exact) mass is 601 g/mol. The van der Waals surface area contributed by atoms with Crippen LogP contribution in [-0.4, -0.2) is 60.7 Å². The van der Waals surface area contributed by atoms with E-state index >= 15 is 0 Å². The van der Waals surface area contributed by atoms with Gasteiger partial charge in [-0.2, -0.15) is 0 Å². The predicted octanol–water partition coefficient (Wildman–Crippen LogP) is 1.76. The Labute approximate surface area is 257 Å². The summed E-state index contributed by atoms with van der Waals surface area (Å²) in [7, 11) is 0. The lowest BCUT2D eigenvalue weighted by Crippen LogP contribution is -2.62. The first-order chi connectivity index (χ1) is 20.6. The number of alkyl halides is 1. The number of hydrogen-bond acceptors (Lipinski definition) is 9. The average molecular weight is 602 g/mol. The molecular formula is C32H56ClN9. The van der Waals surface area contributed by atoms with Gasteiger partial charge >= 0.3 is 0 Å². The van der Waals surface area contributed by atoms with Crippen molar-refractivity contribution >= 4 is 11.6 Å². The van der Waals surface area contributed by atoms with Gasteiger partial charge in [-0.3, -0.25) is 42.5 Å². The first-order valence-corrected chi connectivity index (χ1v) is 18.5. The van der Waals surface area contributed by atoms with Gasteiger partial charge in [0.25, 0.3) is 0 Å². The quantitative estimate of drug-likeness (QED) is 0.191. The molecule has 9 nitrogen and oxygen atoms in total. The van der Waals surface area contributed by atoms with E-state index in [1.54, 1.807) is 0 Å². The molecule has 236 valence electrons. The second kappa shape index (κ2) is 11.3. The lowest BCUT2D eigenvalue weighted by molar-refractivity contribution is 0.164. The molecule has 0 spiro atoms. The summed E-state index contributed by atoms with van der Waals surface area (Å²) in [6.45, 7) is 0. The van der Waals surface area contributed by atoms with Gasteiger partial charge in [-0.15, -0.1) is 11.6 Å². The molecule has 18 unspecified atom stereocenters. The van der Waals surface area contributed by atoms with Crippen LogP contribution in [0.25, 0.3) is 0 Å². The molecule has 0 aromatic heterocycles. The van der Waals surface area contributed by atoms with Gasteiger partial charge in [0, 0.05) is 12.0 Å². The molecular weight excluding hydrogens is 546 g/mol. The minimum absolute atomic E-state index is 0.00309. The number of hydrogen-bond donors (Lipinski definition) is 9. The van der Waals surface area contributed by atoms with E-state index in [4.69, 9.17) is 17.3 Å². The topological polar surface area (TPSA) is 122 Å². The van der Waals surface area contributed by atoms with Crippen LogP contribution in [0.2, 0.25) is 0 Å². The fourth-order valence-corrected chi connectivity index (χ4v) is 12.5. The van der Waals surface area contributed by atoms with E-state index in [1.807, 2.05) is 0 Å². The molecule has 0 amide bonds. The van der Waals surface area contributed by atoms with Crippen molar-refractivity contribution in [1.82, 2.24) is 42.5 Å². The normalized spacial score (nSPS) is 59.0. The Morgan fingerprint density at radius 2 is 0.643 bits per heavy atom. The molecule has 42 heavy (non-hydrogen) atoms. The Morgan fingerprint density at radius 3 is 0.976 bits per heavy atom. The van der Waals surface area contributed by atoms with Crippen LogP contribution >= 0.6 is 11.6 Å². The van der Waals surface area contributed by atoms with Gasteiger partial charge < -0.3 is 5.73 Å². The molecule has 5 aliphatic heterocycles. The van der Waals surface area contributed by atoms with Crippen LogP contribution in [0.5, 0.6) is 0 Å². The van der Waals surface area contributed by atoms with Gasteiger partial charge in [0.15, 0.2) is 0 Å².